The summed E-state index contributed by atoms with van der Waals surface area (Å²) in [6.07, 6.45) is 4.52. The quantitative estimate of drug-likeness (QED) is 0.284. The van der Waals surface area contributed by atoms with Gasteiger partial charge < -0.3 is 24.8 Å². The summed E-state index contributed by atoms with van der Waals surface area (Å²) in [6, 6.07) is 20.5. The number of anilines is 3. The zero-order chi connectivity index (χ0) is 26.5. The van der Waals surface area contributed by atoms with Gasteiger partial charge in [0.1, 0.15) is 5.82 Å². The van der Waals surface area contributed by atoms with E-state index in [4.69, 9.17) is 19.5 Å². The predicted octanol–water partition coefficient (Wildman–Crippen LogP) is 6.28. The number of methoxy groups -OCH3 is 2. The van der Waals surface area contributed by atoms with Crippen LogP contribution < -0.4 is 24.8 Å². The molecule has 5 rings (SSSR count). The molecular weight excluding hydrogens is 480 g/mol. The third-order valence-corrected chi connectivity index (χ3v) is 6.45. The number of nitrogens with zero attached hydrogens (tertiary/aromatic N) is 4. The van der Waals surface area contributed by atoms with Crippen LogP contribution in [0.3, 0.4) is 0 Å². The molecule has 9 heteroatoms. The monoisotopic (exact) mass is 506 g/mol. The Morgan fingerprint density at radius 3 is 2.26 bits per heavy atom. The van der Waals surface area contributed by atoms with E-state index < -0.39 is 0 Å². The van der Waals surface area contributed by atoms with Crippen LogP contribution in [0.25, 0.3) is 10.8 Å². The van der Waals surface area contributed by atoms with E-state index in [0.29, 0.717) is 52.1 Å². The van der Waals surface area contributed by atoms with Gasteiger partial charge in [-0.1, -0.05) is 12.8 Å². The molecule has 190 valence electrons. The highest BCUT2D eigenvalue weighted by Crippen LogP contribution is 2.45. The Hall–Kier alpha value is -5.02. The van der Waals surface area contributed by atoms with Crippen molar-refractivity contribution in [3.05, 3.63) is 65.7 Å². The van der Waals surface area contributed by atoms with E-state index in [1.54, 1.807) is 56.7 Å². The highest BCUT2D eigenvalue weighted by atomic mass is 16.5. The Labute approximate surface area is 220 Å². The van der Waals surface area contributed by atoms with Crippen molar-refractivity contribution in [2.24, 2.45) is 0 Å². The first-order chi connectivity index (χ1) is 18.6. The fraction of sp³-hybridized carbons (Fsp3) is 0.241. The first-order valence-corrected chi connectivity index (χ1v) is 12.3. The lowest BCUT2D eigenvalue weighted by molar-refractivity contribution is 0.345. The number of nitriles is 2. The van der Waals surface area contributed by atoms with Crippen LogP contribution in [0, 0.1) is 22.7 Å². The second-order valence-electron chi connectivity index (χ2n) is 8.95. The summed E-state index contributed by atoms with van der Waals surface area (Å²) in [5.74, 6) is 2.54. The molecule has 1 heterocycles. The molecule has 0 aliphatic heterocycles. The Morgan fingerprint density at radius 1 is 0.842 bits per heavy atom. The van der Waals surface area contributed by atoms with Gasteiger partial charge in [0.2, 0.25) is 17.6 Å². The number of rotatable bonds is 8. The lowest BCUT2D eigenvalue weighted by Gasteiger charge is -2.18. The Kier molecular flexibility index (Phi) is 7.10. The van der Waals surface area contributed by atoms with Crippen molar-refractivity contribution in [2.75, 3.05) is 24.9 Å². The average Bonchev–Trinajstić information content (AvgIpc) is 3.45. The molecule has 0 unspecified atom stereocenters. The Morgan fingerprint density at radius 2 is 1.58 bits per heavy atom. The van der Waals surface area contributed by atoms with Crippen LogP contribution in [-0.2, 0) is 0 Å². The smallest absolute Gasteiger partial charge is 0.232 e. The van der Waals surface area contributed by atoms with Crippen LogP contribution in [0.1, 0.15) is 36.8 Å². The number of benzene rings is 3. The first kappa shape index (κ1) is 24.7. The minimum Gasteiger partial charge on any atom is -0.493 e. The second-order valence-corrected chi connectivity index (χ2v) is 8.95. The molecule has 0 bridgehead atoms. The first-order valence-electron chi connectivity index (χ1n) is 12.3. The SMILES string of the molecule is COc1cc2cc(C#N)ccc2c(OC)c1Oc1cc(NC2CCCC2)nc(Nc2ccc(C#N)cc2)n1. The molecule has 0 saturated heterocycles. The minimum absolute atomic E-state index is 0.293. The summed E-state index contributed by atoms with van der Waals surface area (Å²) in [5, 5.41) is 26.7. The zero-order valence-corrected chi connectivity index (χ0v) is 21.1. The molecule has 9 nitrogen and oxygen atoms in total. The molecule has 1 aliphatic carbocycles. The highest BCUT2D eigenvalue weighted by molar-refractivity contribution is 5.94. The van der Waals surface area contributed by atoms with Gasteiger partial charge in [-0.2, -0.15) is 20.5 Å². The topological polar surface area (TPSA) is 125 Å². The molecular formula is C29H26N6O3. The standard InChI is InChI=1S/C29H26N6O3/c1-36-24-14-20-13-19(17-31)9-12-23(20)27(37-2)28(24)38-26-15-25(32-21-5-3-4-6-21)34-29(35-26)33-22-10-7-18(16-30)8-11-22/h7-15,21H,3-6H2,1-2H3,(H2,32,33,34,35). The number of hydrogen-bond acceptors (Lipinski definition) is 9. The third-order valence-electron chi connectivity index (χ3n) is 6.45. The lowest BCUT2D eigenvalue weighted by atomic mass is 10.1. The van der Waals surface area contributed by atoms with Crippen molar-refractivity contribution in [1.29, 1.82) is 10.5 Å². The Balaban J connectivity index is 1.54. The number of fused-ring (bicyclic) bond motifs is 1. The largest absolute Gasteiger partial charge is 0.493 e. The summed E-state index contributed by atoms with van der Waals surface area (Å²) in [5.41, 5.74) is 1.84. The molecule has 3 aromatic carbocycles. The van der Waals surface area contributed by atoms with Gasteiger partial charge in [-0.25, -0.2) is 0 Å². The summed E-state index contributed by atoms with van der Waals surface area (Å²) >= 11 is 0. The average molecular weight is 507 g/mol. The molecule has 0 amide bonds. The van der Waals surface area contributed by atoms with Gasteiger partial charge in [-0.15, -0.1) is 0 Å². The van der Waals surface area contributed by atoms with Crippen LogP contribution in [0.4, 0.5) is 17.5 Å². The van der Waals surface area contributed by atoms with E-state index in [2.05, 4.69) is 32.7 Å². The summed E-state index contributed by atoms with van der Waals surface area (Å²) < 4.78 is 17.7. The van der Waals surface area contributed by atoms with Gasteiger partial charge in [-0.3, -0.25) is 0 Å². The highest BCUT2D eigenvalue weighted by Gasteiger charge is 2.21. The van der Waals surface area contributed by atoms with E-state index in [9.17, 15) is 5.26 Å². The van der Waals surface area contributed by atoms with Gasteiger partial charge in [0, 0.05) is 23.2 Å². The molecule has 0 atom stereocenters. The number of aromatic nitrogens is 2. The van der Waals surface area contributed by atoms with E-state index in [1.165, 1.54) is 12.8 Å². The fourth-order valence-electron chi connectivity index (χ4n) is 4.60. The molecule has 1 fully saturated rings. The summed E-state index contributed by atoms with van der Waals surface area (Å²) in [4.78, 5) is 9.25. The lowest BCUT2D eigenvalue weighted by Crippen LogP contribution is -2.16. The van der Waals surface area contributed by atoms with Crippen LogP contribution in [-0.4, -0.2) is 30.2 Å². The number of nitrogens with one attached hydrogen (secondary N) is 2. The van der Waals surface area contributed by atoms with Crippen LogP contribution in [0.2, 0.25) is 0 Å². The molecule has 2 N–H and O–H groups in total. The van der Waals surface area contributed by atoms with Crippen molar-refractivity contribution in [3.8, 4) is 35.3 Å². The molecule has 4 aromatic rings. The minimum atomic E-state index is 0.293. The normalized spacial score (nSPS) is 12.9. The van der Waals surface area contributed by atoms with Crippen LogP contribution >= 0.6 is 0 Å². The van der Waals surface area contributed by atoms with Crippen molar-refractivity contribution in [1.82, 2.24) is 9.97 Å². The number of hydrogen-bond donors (Lipinski definition) is 2. The van der Waals surface area contributed by atoms with Crippen molar-refractivity contribution in [2.45, 2.75) is 31.7 Å². The maximum Gasteiger partial charge on any atom is 0.232 e. The number of ether oxygens (including phenoxy) is 3. The van der Waals surface area contributed by atoms with Gasteiger partial charge in [0.15, 0.2) is 11.5 Å². The van der Waals surface area contributed by atoms with E-state index >= 15 is 0 Å². The van der Waals surface area contributed by atoms with Crippen molar-refractivity contribution < 1.29 is 14.2 Å². The molecule has 38 heavy (non-hydrogen) atoms. The molecule has 0 spiro atoms. The third kappa shape index (κ3) is 5.23. The maximum absolute atomic E-state index is 9.31. The van der Waals surface area contributed by atoms with Gasteiger partial charge in [-0.05, 0) is 66.8 Å². The fourth-order valence-corrected chi connectivity index (χ4v) is 4.60. The molecule has 1 saturated carbocycles. The molecule has 1 aliphatic rings. The second kappa shape index (κ2) is 10.9. The predicted molar refractivity (Wildman–Crippen MR) is 144 cm³/mol. The maximum atomic E-state index is 9.31. The van der Waals surface area contributed by atoms with Gasteiger partial charge in [0.25, 0.3) is 0 Å². The van der Waals surface area contributed by atoms with Gasteiger partial charge in [0.05, 0.1) is 37.5 Å². The van der Waals surface area contributed by atoms with E-state index in [-0.39, 0.29) is 0 Å². The summed E-state index contributed by atoms with van der Waals surface area (Å²) in [7, 11) is 3.11. The van der Waals surface area contributed by atoms with Crippen molar-refractivity contribution >= 4 is 28.2 Å². The molecule has 0 radical (unpaired) electrons. The van der Waals surface area contributed by atoms with Crippen LogP contribution in [0.15, 0.2) is 54.6 Å². The van der Waals surface area contributed by atoms with Gasteiger partial charge >= 0.3 is 0 Å². The zero-order valence-electron chi connectivity index (χ0n) is 21.1. The summed E-state index contributed by atoms with van der Waals surface area (Å²) in [6.45, 7) is 0. The van der Waals surface area contributed by atoms with E-state index in [0.717, 1.165) is 29.3 Å². The Bertz CT molecular complexity index is 1550. The molecule has 1 aromatic heterocycles. The van der Waals surface area contributed by atoms with Crippen molar-refractivity contribution in [3.63, 3.8) is 0 Å². The van der Waals surface area contributed by atoms with Crippen LogP contribution in [0.5, 0.6) is 23.1 Å². The van der Waals surface area contributed by atoms with E-state index in [1.807, 2.05) is 12.1 Å².